The third-order valence-corrected chi connectivity index (χ3v) is 10.5. The van der Waals surface area contributed by atoms with Crippen molar-refractivity contribution in [3.05, 3.63) is 35.0 Å². The van der Waals surface area contributed by atoms with Gasteiger partial charge in [-0.3, -0.25) is 9.69 Å². The van der Waals surface area contributed by atoms with Crippen LogP contribution in [0.25, 0.3) is 10.2 Å². The zero-order valence-corrected chi connectivity index (χ0v) is 26.7. The number of piperazine rings is 1. The molecular weight excluding hydrogens is 541 g/mol. The van der Waals surface area contributed by atoms with Gasteiger partial charge in [0.25, 0.3) is 5.91 Å². The van der Waals surface area contributed by atoms with Crippen LogP contribution in [-0.4, -0.2) is 124 Å². The molecule has 220 valence electrons. The molecular formula is C29H43B3N8OS. The molecule has 2 aliphatic heterocycles. The van der Waals surface area contributed by atoms with Crippen LogP contribution in [0, 0.1) is 0 Å². The second-order valence-electron chi connectivity index (χ2n) is 13.4. The predicted octanol–water partition coefficient (Wildman–Crippen LogP) is 1.29. The number of carbonyl (C=O) groups is 1. The lowest BCUT2D eigenvalue weighted by Gasteiger charge is -2.47. The van der Waals surface area contributed by atoms with E-state index in [4.69, 9.17) is 9.97 Å². The van der Waals surface area contributed by atoms with Crippen LogP contribution in [0.15, 0.2) is 24.5 Å². The molecule has 3 aliphatic rings. The van der Waals surface area contributed by atoms with Crippen LogP contribution in [0.2, 0.25) is 0 Å². The lowest BCUT2D eigenvalue weighted by molar-refractivity contribution is 0.0830. The van der Waals surface area contributed by atoms with E-state index in [2.05, 4.69) is 54.6 Å². The standard InChI is InChI=1S/C29H43B3N8OS/c1-37(2)27(41)26-24(19-5-3-4-6-19)25-22(42-26)18-34-28(36-25)35-23-8-7-21(17-33-23)38-11-9-20(10-12-38)39-13-15-40(16-14-39)29(30,31)32/h7-8,17-20H,3-6,9-16,30-32H2,1-2H3,(H,33,34,35,36). The summed E-state index contributed by atoms with van der Waals surface area (Å²) in [5, 5.41) is 3.58. The molecule has 0 bridgehead atoms. The largest absolute Gasteiger partial charge is 0.370 e. The van der Waals surface area contributed by atoms with Gasteiger partial charge in [-0.1, -0.05) is 18.1 Å². The van der Waals surface area contributed by atoms with Crippen molar-refractivity contribution < 1.29 is 4.79 Å². The molecule has 1 N–H and O–H groups in total. The van der Waals surface area contributed by atoms with Gasteiger partial charge in [0.1, 0.15) is 29.4 Å². The fourth-order valence-corrected chi connectivity index (χ4v) is 8.16. The zero-order chi connectivity index (χ0) is 29.4. The molecule has 1 saturated carbocycles. The van der Waals surface area contributed by atoms with E-state index in [-0.39, 0.29) is 11.1 Å². The van der Waals surface area contributed by atoms with Gasteiger partial charge in [0.2, 0.25) is 5.95 Å². The summed E-state index contributed by atoms with van der Waals surface area (Å²) in [5.41, 5.74) is 3.19. The molecule has 6 rings (SSSR count). The maximum Gasteiger partial charge on any atom is 0.263 e. The minimum absolute atomic E-state index is 0.0545. The molecule has 3 aromatic rings. The first-order valence-corrected chi connectivity index (χ1v) is 16.5. The molecule has 1 amide bonds. The maximum atomic E-state index is 13.0. The molecule has 0 radical (unpaired) electrons. The number of rotatable bonds is 7. The summed E-state index contributed by atoms with van der Waals surface area (Å²) in [6.07, 6.45) is 10.8. The van der Waals surface area contributed by atoms with E-state index < -0.39 is 0 Å². The normalized spacial score (nSPS) is 19.9. The first-order chi connectivity index (χ1) is 20.2. The number of hydrogen-bond donors (Lipinski definition) is 1. The Kier molecular flexibility index (Phi) is 8.53. The Morgan fingerprint density at radius 1 is 0.976 bits per heavy atom. The van der Waals surface area contributed by atoms with Crippen LogP contribution in [0.4, 0.5) is 17.5 Å². The van der Waals surface area contributed by atoms with Crippen molar-refractivity contribution in [2.24, 2.45) is 0 Å². The molecule has 1 aliphatic carbocycles. The fraction of sp³-hybridized carbons (Fsp3) is 0.586. The number of amides is 1. The monoisotopic (exact) mass is 584 g/mol. The SMILES string of the molecule is BC(B)(B)N1CCN(C2CCN(c3ccc(Nc4ncc5sc(C(=O)N(C)C)c(C6CCCC6)c5n4)nc3)CC2)CC1. The van der Waals surface area contributed by atoms with E-state index in [0.717, 1.165) is 52.4 Å². The van der Waals surface area contributed by atoms with Gasteiger partial charge >= 0.3 is 0 Å². The predicted molar refractivity (Wildman–Crippen MR) is 181 cm³/mol. The van der Waals surface area contributed by atoms with Gasteiger partial charge in [-0.05, 0) is 43.7 Å². The van der Waals surface area contributed by atoms with Gasteiger partial charge in [0.05, 0.1) is 33.2 Å². The molecule has 42 heavy (non-hydrogen) atoms. The first-order valence-electron chi connectivity index (χ1n) is 15.7. The van der Waals surface area contributed by atoms with Crippen molar-refractivity contribution in [2.75, 3.05) is 63.6 Å². The number of thiophene rings is 1. The molecule has 0 aromatic carbocycles. The van der Waals surface area contributed by atoms with E-state index >= 15 is 0 Å². The minimum atomic E-state index is 0.0545. The lowest BCUT2D eigenvalue weighted by atomic mass is 9.48. The minimum Gasteiger partial charge on any atom is -0.370 e. The van der Waals surface area contributed by atoms with Crippen LogP contribution >= 0.6 is 11.3 Å². The summed E-state index contributed by atoms with van der Waals surface area (Å²) in [7, 11) is 10.6. The number of fused-ring (bicyclic) bond motifs is 1. The zero-order valence-electron chi connectivity index (χ0n) is 25.9. The van der Waals surface area contributed by atoms with Crippen molar-refractivity contribution in [3.8, 4) is 0 Å². The Morgan fingerprint density at radius 2 is 1.69 bits per heavy atom. The van der Waals surface area contributed by atoms with Crippen LogP contribution in [-0.2, 0) is 0 Å². The van der Waals surface area contributed by atoms with Crippen molar-refractivity contribution in [3.63, 3.8) is 0 Å². The second-order valence-corrected chi connectivity index (χ2v) is 14.4. The molecule has 0 unspecified atom stereocenters. The highest BCUT2D eigenvalue weighted by Crippen LogP contribution is 2.43. The number of carbonyl (C=O) groups excluding carboxylic acids is 1. The Balaban J connectivity index is 1.09. The molecule has 13 heteroatoms. The van der Waals surface area contributed by atoms with E-state index in [1.54, 1.807) is 4.90 Å². The summed E-state index contributed by atoms with van der Waals surface area (Å²) in [4.78, 5) is 37.5. The Morgan fingerprint density at radius 3 is 2.31 bits per heavy atom. The number of hydrogen-bond acceptors (Lipinski definition) is 9. The van der Waals surface area contributed by atoms with Gasteiger partial charge in [0.15, 0.2) is 0 Å². The summed E-state index contributed by atoms with van der Waals surface area (Å²) in [6, 6.07) is 4.86. The number of piperidine rings is 1. The number of aromatic nitrogens is 3. The van der Waals surface area contributed by atoms with E-state index in [9.17, 15) is 4.79 Å². The van der Waals surface area contributed by atoms with Crippen molar-refractivity contribution in [2.45, 2.75) is 55.7 Å². The van der Waals surface area contributed by atoms with Crippen molar-refractivity contribution in [1.82, 2.24) is 29.7 Å². The third kappa shape index (κ3) is 6.19. The average molecular weight is 584 g/mol. The fourth-order valence-electron chi connectivity index (χ4n) is 6.94. The van der Waals surface area contributed by atoms with Gasteiger partial charge in [-0.2, -0.15) is 0 Å². The summed E-state index contributed by atoms with van der Waals surface area (Å²) in [6.45, 7) is 6.82. The molecule has 0 atom stereocenters. The van der Waals surface area contributed by atoms with E-state index in [1.165, 1.54) is 68.9 Å². The van der Waals surface area contributed by atoms with Crippen molar-refractivity contribution in [1.29, 1.82) is 0 Å². The molecule has 9 nitrogen and oxygen atoms in total. The summed E-state index contributed by atoms with van der Waals surface area (Å²) in [5.74, 6) is 1.69. The molecule has 0 spiro atoms. The highest BCUT2D eigenvalue weighted by atomic mass is 32.1. The Labute approximate surface area is 256 Å². The number of nitrogens with one attached hydrogen (secondary N) is 1. The van der Waals surface area contributed by atoms with E-state index in [0.29, 0.717) is 17.9 Å². The Hall–Kier alpha value is -2.63. The van der Waals surface area contributed by atoms with Crippen LogP contribution in [0.5, 0.6) is 0 Å². The second kappa shape index (κ2) is 12.2. The third-order valence-electron chi connectivity index (χ3n) is 9.43. The highest BCUT2D eigenvalue weighted by molar-refractivity contribution is 7.21. The number of pyridine rings is 1. The van der Waals surface area contributed by atoms with Crippen LogP contribution < -0.4 is 10.2 Å². The molecule has 2 saturated heterocycles. The average Bonchev–Trinajstić information content (AvgIpc) is 3.65. The van der Waals surface area contributed by atoms with Gasteiger partial charge in [0, 0.05) is 65.0 Å². The van der Waals surface area contributed by atoms with Gasteiger partial charge in [-0.25, -0.2) is 15.0 Å². The molecule has 3 aromatic heterocycles. The first kappa shape index (κ1) is 29.4. The summed E-state index contributed by atoms with van der Waals surface area (Å²) >= 11 is 1.52. The lowest BCUT2D eigenvalue weighted by Crippen LogP contribution is -2.60. The Bertz CT molecular complexity index is 1390. The highest BCUT2D eigenvalue weighted by Gasteiger charge is 2.31. The van der Waals surface area contributed by atoms with Gasteiger partial charge in [-0.15, -0.1) is 11.3 Å². The molecule has 3 fully saturated rings. The van der Waals surface area contributed by atoms with Crippen molar-refractivity contribution >= 4 is 68.5 Å². The van der Waals surface area contributed by atoms with E-state index in [1.807, 2.05) is 32.6 Å². The number of anilines is 3. The topological polar surface area (TPSA) is 80.7 Å². The maximum absolute atomic E-state index is 13.0. The van der Waals surface area contributed by atoms with Gasteiger partial charge < -0.3 is 20.0 Å². The quantitative estimate of drug-likeness (QED) is 0.417. The summed E-state index contributed by atoms with van der Waals surface area (Å²) < 4.78 is 0.968. The smallest absolute Gasteiger partial charge is 0.263 e. The molecule has 5 heterocycles. The van der Waals surface area contributed by atoms with Crippen LogP contribution in [0.3, 0.4) is 0 Å². The number of nitrogens with zero attached hydrogens (tertiary/aromatic N) is 7. The van der Waals surface area contributed by atoms with Crippen LogP contribution in [0.1, 0.15) is 59.7 Å².